The average molecular weight is 240 g/mol. The lowest BCUT2D eigenvalue weighted by Gasteiger charge is -2.20. The van der Waals surface area contributed by atoms with Gasteiger partial charge in [0.25, 0.3) is 0 Å². The summed E-state index contributed by atoms with van der Waals surface area (Å²) in [6.45, 7) is 10.8. The van der Waals surface area contributed by atoms with Crippen molar-refractivity contribution >= 4 is 11.3 Å². The summed E-state index contributed by atoms with van der Waals surface area (Å²) < 4.78 is 0. The number of hydrogen-bond acceptors (Lipinski definition) is 3. The number of hydrogen-bond donors (Lipinski definition) is 1. The van der Waals surface area contributed by atoms with Crippen molar-refractivity contribution in [3.05, 3.63) is 21.4 Å². The summed E-state index contributed by atoms with van der Waals surface area (Å²) in [4.78, 5) is 5.27. The van der Waals surface area contributed by atoms with Gasteiger partial charge in [0.2, 0.25) is 0 Å². The summed E-state index contributed by atoms with van der Waals surface area (Å²) in [5.41, 5.74) is 7.14. The van der Waals surface area contributed by atoms with Gasteiger partial charge in [-0.25, -0.2) is 0 Å². The van der Waals surface area contributed by atoms with E-state index in [4.69, 9.17) is 5.73 Å². The topological polar surface area (TPSA) is 29.3 Å². The fourth-order valence-corrected chi connectivity index (χ4v) is 2.92. The van der Waals surface area contributed by atoms with E-state index < -0.39 is 0 Å². The molecule has 3 heteroatoms. The van der Waals surface area contributed by atoms with Crippen LogP contribution in [0.5, 0.6) is 0 Å². The van der Waals surface area contributed by atoms with E-state index in [1.165, 1.54) is 41.2 Å². The SMILES string of the molecule is CCCN(CCC)Cc1cc(CN)sc1C. The summed E-state index contributed by atoms with van der Waals surface area (Å²) in [5.74, 6) is 0. The Hall–Kier alpha value is -0.380. The molecule has 0 bridgehead atoms. The van der Waals surface area contributed by atoms with Crippen molar-refractivity contribution in [2.45, 2.75) is 46.7 Å². The van der Waals surface area contributed by atoms with Crippen LogP contribution in [-0.4, -0.2) is 18.0 Å². The summed E-state index contributed by atoms with van der Waals surface area (Å²) in [5, 5.41) is 0. The minimum Gasteiger partial charge on any atom is -0.326 e. The van der Waals surface area contributed by atoms with Crippen LogP contribution in [0, 0.1) is 6.92 Å². The van der Waals surface area contributed by atoms with Crippen molar-refractivity contribution in [3.63, 3.8) is 0 Å². The highest BCUT2D eigenvalue weighted by Gasteiger charge is 2.09. The van der Waals surface area contributed by atoms with Crippen molar-refractivity contribution in [2.75, 3.05) is 13.1 Å². The van der Waals surface area contributed by atoms with E-state index in [0.29, 0.717) is 6.54 Å². The maximum atomic E-state index is 5.68. The molecule has 1 rings (SSSR count). The van der Waals surface area contributed by atoms with Crippen LogP contribution in [0.4, 0.5) is 0 Å². The van der Waals surface area contributed by atoms with Crippen molar-refractivity contribution in [3.8, 4) is 0 Å². The molecule has 0 fully saturated rings. The van der Waals surface area contributed by atoms with Gasteiger partial charge >= 0.3 is 0 Å². The fourth-order valence-electron chi connectivity index (χ4n) is 1.99. The van der Waals surface area contributed by atoms with E-state index in [1.54, 1.807) is 0 Å². The molecule has 0 atom stereocenters. The molecule has 0 saturated heterocycles. The van der Waals surface area contributed by atoms with Crippen LogP contribution < -0.4 is 5.73 Å². The fraction of sp³-hybridized carbons (Fsp3) is 0.692. The van der Waals surface area contributed by atoms with Crippen LogP contribution >= 0.6 is 11.3 Å². The first-order chi connectivity index (χ1) is 7.71. The zero-order valence-corrected chi connectivity index (χ0v) is 11.6. The normalized spacial score (nSPS) is 11.3. The molecule has 1 aromatic heterocycles. The molecule has 16 heavy (non-hydrogen) atoms. The van der Waals surface area contributed by atoms with Gasteiger partial charge in [-0.1, -0.05) is 13.8 Å². The molecule has 0 spiro atoms. The molecule has 92 valence electrons. The van der Waals surface area contributed by atoms with Crippen LogP contribution in [0.15, 0.2) is 6.07 Å². The molecule has 0 saturated carbocycles. The highest BCUT2D eigenvalue weighted by Crippen LogP contribution is 2.22. The third-order valence-corrected chi connectivity index (χ3v) is 3.86. The van der Waals surface area contributed by atoms with E-state index in [2.05, 4.69) is 31.7 Å². The van der Waals surface area contributed by atoms with Gasteiger partial charge in [0, 0.05) is 22.8 Å². The second kappa shape index (κ2) is 7.05. The van der Waals surface area contributed by atoms with Crippen LogP contribution in [-0.2, 0) is 13.1 Å². The van der Waals surface area contributed by atoms with Gasteiger partial charge in [0.15, 0.2) is 0 Å². The summed E-state index contributed by atoms with van der Waals surface area (Å²) in [7, 11) is 0. The Kier molecular flexibility index (Phi) is 6.03. The molecule has 2 N–H and O–H groups in total. The lowest BCUT2D eigenvalue weighted by molar-refractivity contribution is 0.266. The molecular weight excluding hydrogens is 216 g/mol. The van der Waals surface area contributed by atoms with Gasteiger partial charge in [-0.05, 0) is 44.5 Å². The van der Waals surface area contributed by atoms with Crippen LogP contribution in [0.2, 0.25) is 0 Å². The third-order valence-electron chi connectivity index (χ3n) is 2.75. The summed E-state index contributed by atoms with van der Waals surface area (Å²) in [6.07, 6.45) is 2.46. The highest BCUT2D eigenvalue weighted by atomic mass is 32.1. The van der Waals surface area contributed by atoms with E-state index in [-0.39, 0.29) is 0 Å². The number of nitrogens with zero attached hydrogens (tertiary/aromatic N) is 1. The van der Waals surface area contributed by atoms with E-state index in [9.17, 15) is 0 Å². The summed E-state index contributed by atoms with van der Waals surface area (Å²) in [6, 6.07) is 2.28. The zero-order chi connectivity index (χ0) is 12.0. The molecule has 0 aliphatic carbocycles. The van der Waals surface area contributed by atoms with Gasteiger partial charge in [-0.15, -0.1) is 11.3 Å². The maximum Gasteiger partial charge on any atom is 0.0274 e. The van der Waals surface area contributed by atoms with E-state index in [0.717, 1.165) is 6.54 Å². The lowest BCUT2D eigenvalue weighted by Crippen LogP contribution is -2.24. The Balaban J connectivity index is 2.64. The van der Waals surface area contributed by atoms with Gasteiger partial charge < -0.3 is 5.73 Å². The number of aryl methyl sites for hydroxylation is 1. The van der Waals surface area contributed by atoms with Crippen LogP contribution in [0.1, 0.15) is 42.0 Å². The highest BCUT2D eigenvalue weighted by molar-refractivity contribution is 7.12. The maximum absolute atomic E-state index is 5.68. The van der Waals surface area contributed by atoms with Crippen molar-refractivity contribution < 1.29 is 0 Å². The van der Waals surface area contributed by atoms with Crippen molar-refractivity contribution in [1.82, 2.24) is 4.90 Å². The Morgan fingerprint density at radius 1 is 1.25 bits per heavy atom. The Morgan fingerprint density at radius 3 is 2.31 bits per heavy atom. The number of thiophene rings is 1. The van der Waals surface area contributed by atoms with E-state index in [1.807, 2.05) is 11.3 Å². The lowest BCUT2D eigenvalue weighted by atomic mass is 10.2. The van der Waals surface area contributed by atoms with Gasteiger partial charge in [0.1, 0.15) is 0 Å². The second-order valence-corrected chi connectivity index (χ2v) is 5.62. The van der Waals surface area contributed by atoms with Gasteiger partial charge in [-0.2, -0.15) is 0 Å². The first kappa shape index (κ1) is 13.7. The Bertz CT molecular complexity index is 301. The molecule has 0 aromatic carbocycles. The molecule has 0 radical (unpaired) electrons. The Morgan fingerprint density at radius 2 is 1.88 bits per heavy atom. The molecule has 0 unspecified atom stereocenters. The molecular formula is C13H24N2S. The van der Waals surface area contributed by atoms with Crippen LogP contribution in [0.3, 0.4) is 0 Å². The number of nitrogens with two attached hydrogens (primary N) is 1. The van der Waals surface area contributed by atoms with Crippen molar-refractivity contribution in [1.29, 1.82) is 0 Å². The van der Waals surface area contributed by atoms with Gasteiger partial charge in [-0.3, -0.25) is 4.90 Å². The second-order valence-electron chi connectivity index (χ2n) is 4.27. The molecule has 1 aromatic rings. The smallest absolute Gasteiger partial charge is 0.0274 e. The first-order valence-electron chi connectivity index (χ1n) is 6.21. The first-order valence-corrected chi connectivity index (χ1v) is 7.03. The standard InChI is InChI=1S/C13H24N2S/c1-4-6-15(7-5-2)10-12-8-13(9-14)16-11(12)3/h8H,4-7,9-10,14H2,1-3H3. The monoisotopic (exact) mass is 240 g/mol. The predicted molar refractivity (Wildman–Crippen MR) is 72.8 cm³/mol. The minimum absolute atomic E-state index is 0.674. The largest absolute Gasteiger partial charge is 0.326 e. The third kappa shape index (κ3) is 3.89. The molecule has 1 heterocycles. The molecule has 0 aliphatic heterocycles. The van der Waals surface area contributed by atoms with E-state index >= 15 is 0 Å². The quantitative estimate of drug-likeness (QED) is 0.793. The number of rotatable bonds is 7. The molecule has 0 amide bonds. The Labute approximate surface area is 103 Å². The molecule has 2 nitrogen and oxygen atoms in total. The zero-order valence-electron chi connectivity index (χ0n) is 10.8. The van der Waals surface area contributed by atoms with Crippen molar-refractivity contribution in [2.24, 2.45) is 5.73 Å². The average Bonchev–Trinajstić information content (AvgIpc) is 2.60. The predicted octanol–water partition coefficient (Wildman–Crippen LogP) is 3.14. The van der Waals surface area contributed by atoms with Gasteiger partial charge in [0.05, 0.1) is 0 Å². The molecule has 0 aliphatic rings. The van der Waals surface area contributed by atoms with Crippen LogP contribution in [0.25, 0.3) is 0 Å². The minimum atomic E-state index is 0.674. The summed E-state index contributed by atoms with van der Waals surface area (Å²) >= 11 is 1.84.